The fraction of sp³-hybridized carbons (Fsp3) is 0.381. The van der Waals surface area contributed by atoms with Crippen molar-refractivity contribution in [2.24, 2.45) is 0 Å². The summed E-state index contributed by atoms with van der Waals surface area (Å²) in [5.41, 5.74) is 1.25. The standard InChI is InChI=1S/C21H26N2O5S/c24-21(22-11-6-14-28-17-18-7-2-1-3-8-18)19-9-4-5-10-20(19)29(25,26)23-12-15-27-16-13-23/h1-5,7-10H,6,11-17H2,(H,22,24). The van der Waals surface area contributed by atoms with E-state index in [1.165, 1.54) is 16.4 Å². The summed E-state index contributed by atoms with van der Waals surface area (Å²) in [6.07, 6.45) is 0.636. The third-order valence-electron chi connectivity index (χ3n) is 4.58. The normalized spacial score (nSPS) is 15.2. The zero-order chi connectivity index (χ0) is 20.5. The van der Waals surface area contributed by atoms with Crippen LogP contribution >= 0.6 is 0 Å². The number of carbonyl (C=O) groups excluding carboxylic acids is 1. The largest absolute Gasteiger partial charge is 0.379 e. The molecule has 1 heterocycles. The van der Waals surface area contributed by atoms with Crippen LogP contribution in [0, 0.1) is 0 Å². The Morgan fingerprint density at radius 1 is 1.03 bits per heavy atom. The molecule has 0 bridgehead atoms. The fourth-order valence-electron chi connectivity index (χ4n) is 3.04. The van der Waals surface area contributed by atoms with Crippen molar-refractivity contribution in [2.45, 2.75) is 17.9 Å². The third-order valence-corrected chi connectivity index (χ3v) is 6.54. The molecule has 0 atom stereocenters. The van der Waals surface area contributed by atoms with Crippen LogP contribution in [0.5, 0.6) is 0 Å². The molecule has 0 saturated carbocycles. The van der Waals surface area contributed by atoms with Gasteiger partial charge in [-0.1, -0.05) is 42.5 Å². The smallest absolute Gasteiger partial charge is 0.252 e. The molecule has 0 spiro atoms. The molecule has 2 aromatic carbocycles. The van der Waals surface area contributed by atoms with Gasteiger partial charge in [-0.15, -0.1) is 0 Å². The van der Waals surface area contributed by atoms with E-state index in [0.29, 0.717) is 39.4 Å². The van der Waals surface area contributed by atoms with Gasteiger partial charge in [0.05, 0.1) is 30.3 Å². The lowest BCUT2D eigenvalue weighted by atomic mass is 10.2. The lowest BCUT2D eigenvalue weighted by molar-refractivity contribution is 0.0729. The van der Waals surface area contributed by atoms with Gasteiger partial charge in [0.2, 0.25) is 10.0 Å². The van der Waals surface area contributed by atoms with E-state index in [1.807, 2.05) is 30.3 Å². The monoisotopic (exact) mass is 418 g/mol. The predicted molar refractivity (Wildman–Crippen MR) is 109 cm³/mol. The minimum absolute atomic E-state index is 0.0275. The van der Waals surface area contributed by atoms with E-state index in [1.54, 1.807) is 12.1 Å². The lowest BCUT2D eigenvalue weighted by Crippen LogP contribution is -2.41. The maximum Gasteiger partial charge on any atom is 0.252 e. The highest BCUT2D eigenvalue weighted by Crippen LogP contribution is 2.21. The molecule has 156 valence electrons. The zero-order valence-electron chi connectivity index (χ0n) is 16.2. The summed E-state index contributed by atoms with van der Waals surface area (Å²) < 4.78 is 38.1. The first-order valence-corrected chi connectivity index (χ1v) is 11.1. The molecule has 1 saturated heterocycles. The van der Waals surface area contributed by atoms with Crippen LogP contribution in [-0.2, 0) is 26.1 Å². The van der Waals surface area contributed by atoms with Gasteiger partial charge in [0, 0.05) is 26.2 Å². The van der Waals surface area contributed by atoms with E-state index in [-0.39, 0.29) is 23.5 Å². The maximum absolute atomic E-state index is 12.9. The van der Waals surface area contributed by atoms with Crippen molar-refractivity contribution >= 4 is 15.9 Å². The number of nitrogens with zero attached hydrogens (tertiary/aromatic N) is 1. The summed E-state index contributed by atoms with van der Waals surface area (Å²) >= 11 is 0. The Hall–Kier alpha value is -2.26. The molecule has 2 aromatic rings. The Balaban J connectivity index is 1.52. The summed E-state index contributed by atoms with van der Waals surface area (Å²) in [5, 5.41) is 2.79. The molecule has 1 fully saturated rings. The number of amides is 1. The summed E-state index contributed by atoms with van der Waals surface area (Å²) in [4.78, 5) is 12.6. The fourth-order valence-corrected chi connectivity index (χ4v) is 4.64. The lowest BCUT2D eigenvalue weighted by Gasteiger charge is -2.26. The van der Waals surface area contributed by atoms with Gasteiger partial charge in [-0.25, -0.2) is 8.42 Å². The first-order chi connectivity index (χ1) is 14.1. The Bertz CT molecular complexity index is 896. The number of benzene rings is 2. The van der Waals surface area contributed by atoms with Crippen molar-refractivity contribution in [3.05, 3.63) is 65.7 Å². The average Bonchev–Trinajstić information content (AvgIpc) is 2.77. The van der Waals surface area contributed by atoms with Crippen LogP contribution < -0.4 is 5.32 Å². The van der Waals surface area contributed by atoms with Gasteiger partial charge in [-0.05, 0) is 24.1 Å². The van der Waals surface area contributed by atoms with E-state index in [4.69, 9.17) is 9.47 Å². The van der Waals surface area contributed by atoms with E-state index < -0.39 is 15.9 Å². The number of sulfonamides is 1. The van der Waals surface area contributed by atoms with Crippen molar-refractivity contribution in [3.8, 4) is 0 Å². The van der Waals surface area contributed by atoms with Crippen molar-refractivity contribution in [1.82, 2.24) is 9.62 Å². The van der Waals surface area contributed by atoms with E-state index in [0.717, 1.165) is 5.56 Å². The first-order valence-electron chi connectivity index (χ1n) is 9.66. The van der Waals surface area contributed by atoms with Crippen LogP contribution in [0.1, 0.15) is 22.3 Å². The molecule has 0 radical (unpaired) electrons. The Morgan fingerprint density at radius 2 is 1.72 bits per heavy atom. The molecule has 7 nitrogen and oxygen atoms in total. The van der Waals surface area contributed by atoms with Crippen LogP contribution in [0.2, 0.25) is 0 Å². The Labute approximate surface area is 171 Å². The molecule has 0 aliphatic carbocycles. The van der Waals surface area contributed by atoms with Crippen LogP contribution in [0.4, 0.5) is 0 Å². The molecule has 8 heteroatoms. The van der Waals surface area contributed by atoms with Crippen molar-refractivity contribution < 1.29 is 22.7 Å². The molecular weight excluding hydrogens is 392 g/mol. The van der Waals surface area contributed by atoms with Gasteiger partial charge in [-0.2, -0.15) is 4.31 Å². The van der Waals surface area contributed by atoms with Crippen molar-refractivity contribution in [1.29, 1.82) is 0 Å². The topological polar surface area (TPSA) is 84.9 Å². The number of ether oxygens (including phenoxy) is 2. The van der Waals surface area contributed by atoms with Gasteiger partial charge in [0.25, 0.3) is 5.91 Å². The Kier molecular flexibility index (Phi) is 7.76. The van der Waals surface area contributed by atoms with Gasteiger partial charge in [0.1, 0.15) is 0 Å². The Morgan fingerprint density at radius 3 is 2.48 bits per heavy atom. The van der Waals surface area contributed by atoms with Crippen molar-refractivity contribution in [3.63, 3.8) is 0 Å². The highest BCUT2D eigenvalue weighted by atomic mass is 32.2. The van der Waals surface area contributed by atoms with E-state index >= 15 is 0 Å². The van der Waals surface area contributed by atoms with Crippen LogP contribution in [-0.4, -0.2) is 58.1 Å². The number of hydrogen-bond donors (Lipinski definition) is 1. The molecule has 1 aliphatic heterocycles. The van der Waals surface area contributed by atoms with Crippen molar-refractivity contribution in [2.75, 3.05) is 39.5 Å². The zero-order valence-corrected chi connectivity index (χ0v) is 17.1. The second-order valence-corrected chi connectivity index (χ2v) is 8.57. The third kappa shape index (κ3) is 5.86. The quantitative estimate of drug-likeness (QED) is 0.630. The number of carbonyl (C=O) groups is 1. The van der Waals surface area contributed by atoms with Crippen LogP contribution in [0.3, 0.4) is 0 Å². The van der Waals surface area contributed by atoms with Gasteiger partial charge in [-0.3, -0.25) is 4.79 Å². The first kappa shape index (κ1) is 21.4. The second-order valence-electron chi connectivity index (χ2n) is 6.66. The molecule has 3 rings (SSSR count). The van der Waals surface area contributed by atoms with Crippen LogP contribution in [0.25, 0.3) is 0 Å². The molecule has 0 aromatic heterocycles. The summed E-state index contributed by atoms with van der Waals surface area (Å²) in [6.45, 7) is 2.72. The number of hydrogen-bond acceptors (Lipinski definition) is 5. The minimum atomic E-state index is -3.74. The molecule has 0 unspecified atom stereocenters. The maximum atomic E-state index is 12.9. The summed E-state index contributed by atoms with van der Waals surface area (Å²) in [5.74, 6) is -0.402. The van der Waals surface area contributed by atoms with Gasteiger partial charge < -0.3 is 14.8 Å². The highest BCUT2D eigenvalue weighted by Gasteiger charge is 2.29. The highest BCUT2D eigenvalue weighted by molar-refractivity contribution is 7.89. The average molecular weight is 419 g/mol. The van der Waals surface area contributed by atoms with Gasteiger partial charge >= 0.3 is 0 Å². The molecule has 1 aliphatic rings. The number of nitrogens with one attached hydrogen (secondary N) is 1. The van der Waals surface area contributed by atoms with E-state index in [2.05, 4.69) is 5.32 Å². The summed E-state index contributed by atoms with van der Waals surface area (Å²) in [6, 6.07) is 16.2. The molecule has 1 N–H and O–H groups in total. The molecule has 29 heavy (non-hydrogen) atoms. The predicted octanol–water partition coefficient (Wildman–Crippen LogP) is 2.04. The van der Waals surface area contributed by atoms with Crippen LogP contribution in [0.15, 0.2) is 59.5 Å². The number of morpholine rings is 1. The summed E-state index contributed by atoms with van der Waals surface area (Å²) in [7, 11) is -3.74. The number of rotatable bonds is 9. The second kappa shape index (κ2) is 10.5. The minimum Gasteiger partial charge on any atom is -0.379 e. The SMILES string of the molecule is O=C(NCCCOCc1ccccc1)c1ccccc1S(=O)(=O)N1CCOCC1. The molecule has 1 amide bonds. The van der Waals surface area contributed by atoms with E-state index in [9.17, 15) is 13.2 Å². The molecular formula is C21H26N2O5S. The van der Waals surface area contributed by atoms with Gasteiger partial charge in [0.15, 0.2) is 0 Å².